The Balaban J connectivity index is 2.03. The summed E-state index contributed by atoms with van der Waals surface area (Å²) in [4.78, 5) is 0. The lowest BCUT2D eigenvalue weighted by atomic mass is 9.67. The van der Waals surface area contributed by atoms with Crippen molar-refractivity contribution in [1.82, 2.24) is 5.32 Å². The molecule has 1 aromatic rings. The molecule has 1 fully saturated rings. The Morgan fingerprint density at radius 1 is 1.32 bits per heavy atom. The number of nitrogens with one attached hydrogen (secondary N) is 1. The van der Waals surface area contributed by atoms with Gasteiger partial charge in [-0.2, -0.15) is 0 Å². The first-order chi connectivity index (χ1) is 8.97. The molecule has 0 radical (unpaired) electrons. The SMILES string of the molecule is CCC1(CNC(C)c2cc(F)c(Cl)cc2Cl)CCC1. The summed E-state index contributed by atoms with van der Waals surface area (Å²) in [6.07, 6.45) is 5.08. The van der Waals surface area contributed by atoms with E-state index >= 15 is 0 Å². The van der Waals surface area contributed by atoms with E-state index in [1.165, 1.54) is 37.8 Å². The van der Waals surface area contributed by atoms with Crippen LogP contribution in [0, 0.1) is 11.2 Å². The standard InChI is InChI=1S/C15H20Cl2FN/c1-3-15(5-4-6-15)9-19-10(2)11-7-14(18)13(17)8-12(11)16/h7-8,10,19H,3-6,9H2,1-2H3. The third-order valence-corrected chi connectivity index (χ3v) is 5.07. The average molecular weight is 304 g/mol. The summed E-state index contributed by atoms with van der Waals surface area (Å²) in [7, 11) is 0. The highest BCUT2D eigenvalue weighted by Gasteiger charge is 2.35. The van der Waals surface area contributed by atoms with Gasteiger partial charge in [0, 0.05) is 17.6 Å². The molecule has 0 heterocycles. The molecule has 106 valence electrons. The molecule has 0 spiro atoms. The van der Waals surface area contributed by atoms with E-state index in [-0.39, 0.29) is 11.1 Å². The van der Waals surface area contributed by atoms with Crippen LogP contribution in [0.25, 0.3) is 0 Å². The van der Waals surface area contributed by atoms with Crippen LogP contribution in [0.3, 0.4) is 0 Å². The van der Waals surface area contributed by atoms with Crippen LogP contribution in [0.1, 0.15) is 51.1 Å². The monoisotopic (exact) mass is 303 g/mol. The first-order valence-electron chi connectivity index (χ1n) is 6.85. The van der Waals surface area contributed by atoms with Crippen LogP contribution in [0.5, 0.6) is 0 Å². The molecule has 1 saturated carbocycles. The molecule has 0 amide bonds. The summed E-state index contributed by atoms with van der Waals surface area (Å²) in [5, 5.41) is 4.08. The third kappa shape index (κ3) is 3.24. The number of hydrogen-bond donors (Lipinski definition) is 1. The highest BCUT2D eigenvalue weighted by Crippen LogP contribution is 2.43. The van der Waals surface area contributed by atoms with Crippen molar-refractivity contribution in [3.05, 3.63) is 33.6 Å². The highest BCUT2D eigenvalue weighted by atomic mass is 35.5. The maximum Gasteiger partial charge on any atom is 0.142 e. The quantitative estimate of drug-likeness (QED) is 0.722. The molecule has 1 nitrogen and oxygen atoms in total. The fourth-order valence-electron chi connectivity index (χ4n) is 2.68. The van der Waals surface area contributed by atoms with Gasteiger partial charge in [0.05, 0.1) is 5.02 Å². The zero-order chi connectivity index (χ0) is 14.0. The maximum atomic E-state index is 13.5. The van der Waals surface area contributed by atoms with Gasteiger partial charge in [-0.3, -0.25) is 0 Å². The van der Waals surface area contributed by atoms with Gasteiger partial charge < -0.3 is 5.32 Å². The van der Waals surface area contributed by atoms with Crippen LogP contribution in [-0.4, -0.2) is 6.54 Å². The van der Waals surface area contributed by atoms with E-state index in [9.17, 15) is 4.39 Å². The minimum Gasteiger partial charge on any atom is -0.310 e. The number of rotatable bonds is 5. The lowest BCUT2D eigenvalue weighted by Gasteiger charge is -2.42. The lowest BCUT2D eigenvalue weighted by Crippen LogP contribution is -2.40. The zero-order valence-corrected chi connectivity index (χ0v) is 12.9. The van der Waals surface area contributed by atoms with Gasteiger partial charge in [-0.1, -0.05) is 36.5 Å². The van der Waals surface area contributed by atoms with Crippen molar-refractivity contribution in [2.24, 2.45) is 5.41 Å². The second-order valence-electron chi connectivity index (χ2n) is 5.60. The Bertz CT molecular complexity index is 452. The van der Waals surface area contributed by atoms with E-state index < -0.39 is 5.82 Å². The van der Waals surface area contributed by atoms with Crippen molar-refractivity contribution in [3.63, 3.8) is 0 Å². The van der Waals surface area contributed by atoms with Crippen molar-refractivity contribution in [2.75, 3.05) is 6.54 Å². The van der Waals surface area contributed by atoms with Gasteiger partial charge in [0.2, 0.25) is 0 Å². The fourth-order valence-corrected chi connectivity index (χ4v) is 3.23. The smallest absolute Gasteiger partial charge is 0.142 e. The molecule has 19 heavy (non-hydrogen) atoms. The minimum absolute atomic E-state index is 0.0308. The molecular weight excluding hydrogens is 284 g/mol. The largest absolute Gasteiger partial charge is 0.310 e. The zero-order valence-electron chi connectivity index (χ0n) is 11.4. The predicted molar refractivity (Wildman–Crippen MR) is 79.4 cm³/mol. The Hall–Kier alpha value is -0.310. The second-order valence-corrected chi connectivity index (χ2v) is 6.41. The van der Waals surface area contributed by atoms with Gasteiger partial charge in [-0.15, -0.1) is 0 Å². The highest BCUT2D eigenvalue weighted by molar-refractivity contribution is 6.35. The Morgan fingerprint density at radius 3 is 2.53 bits per heavy atom. The van der Waals surface area contributed by atoms with Crippen molar-refractivity contribution in [3.8, 4) is 0 Å². The van der Waals surface area contributed by atoms with E-state index in [4.69, 9.17) is 23.2 Å². The van der Waals surface area contributed by atoms with E-state index in [2.05, 4.69) is 12.2 Å². The summed E-state index contributed by atoms with van der Waals surface area (Å²) in [5.74, 6) is -0.413. The molecule has 1 unspecified atom stereocenters. The Labute approximate surface area is 124 Å². The van der Waals surface area contributed by atoms with E-state index in [1.54, 1.807) is 0 Å². The van der Waals surface area contributed by atoms with Crippen LogP contribution in [0.2, 0.25) is 10.0 Å². The minimum atomic E-state index is -0.413. The van der Waals surface area contributed by atoms with Crippen molar-refractivity contribution >= 4 is 23.2 Å². The van der Waals surface area contributed by atoms with E-state index in [1.807, 2.05) is 6.92 Å². The Morgan fingerprint density at radius 2 is 2.00 bits per heavy atom. The van der Waals surface area contributed by atoms with Crippen molar-refractivity contribution in [1.29, 1.82) is 0 Å². The van der Waals surface area contributed by atoms with Crippen LogP contribution < -0.4 is 5.32 Å². The summed E-state index contributed by atoms with van der Waals surface area (Å²) in [6.45, 7) is 5.21. The van der Waals surface area contributed by atoms with Crippen molar-refractivity contribution < 1.29 is 4.39 Å². The van der Waals surface area contributed by atoms with Gasteiger partial charge in [0.15, 0.2) is 0 Å². The van der Waals surface area contributed by atoms with Crippen LogP contribution in [0.15, 0.2) is 12.1 Å². The predicted octanol–water partition coefficient (Wildman–Crippen LogP) is 5.36. The summed E-state index contributed by atoms with van der Waals surface area (Å²) in [6, 6.07) is 2.94. The molecule has 1 aliphatic carbocycles. The molecule has 1 aromatic carbocycles. The van der Waals surface area contributed by atoms with Crippen LogP contribution in [0.4, 0.5) is 4.39 Å². The summed E-state index contributed by atoms with van der Waals surface area (Å²) in [5.41, 5.74) is 1.21. The van der Waals surface area contributed by atoms with Gasteiger partial charge in [-0.25, -0.2) is 4.39 Å². The first-order valence-corrected chi connectivity index (χ1v) is 7.61. The second kappa shape index (κ2) is 5.99. The molecule has 0 saturated heterocycles. The molecular formula is C15H20Cl2FN. The number of hydrogen-bond acceptors (Lipinski definition) is 1. The van der Waals surface area contributed by atoms with E-state index in [0.717, 1.165) is 12.1 Å². The van der Waals surface area contributed by atoms with Gasteiger partial charge >= 0.3 is 0 Å². The molecule has 2 rings (SSSR count). The average Bonchev–Trinajstić information content (AvgIpc) is 2.32. The molecule has 0 aromatic heterocycles. The van der Waals surface area contributed by atoms with Crippen molar-refractivity contribution in [2.45, 2.75) is 45.6 Å². The van der Waals surface area contributed by atoms with Crippen LogP contribution in [-0.2, 0) is 0 Å². The molecule has 1 atom stereocenters. The fraction of sp³-hybridized carbons (Fsp3) is 0.600. The Kier molecular flexibility index (Phi) is 4.75. The summed E-state index contributed by atoms with van der Waals surface area (Å²) < 4.78 is 13.5. The molecule has 0 bridgehead atoms. The molecule has 1 aliphatic rings. The number of halogens is 3. The third-order valence-electron chi connectivity index (χ3n) is 4.45. The normalized spacial score (nSPS) is 19.0. The first kappa shape index (κ1) is 15.1. The van der Waals surface area contributed by atoms with Gasteiger partial charge in [0.25, 0.3) is 0 Å². The maximum absolute atomic E-state index is 13.5. The molecule has 1 N–H and O–H groups in total. The number of benzene rings is 1. The topological polar surface area (TPSA) is 12.0 Å². The lowest BCUT2D eigenvalue weighted by molar-refractivity contribution is 0.120. The summed E-state index contributed by atoms with van der Waals surface area (Å²) >= 11 is 11.9. The molecule has 4 heteroatoms. The van der Waals surface area contributed by atoms with Gasteiger partial charge in [-0.05, 0) is 49.3 Å². The van der Waals surface area contributed by atoms with Crippen LogP contribution >= 0.6 is 23.2 Å². The van der Waals surface area contributed by atoms with E-state index in [0.29, 0.717) is 10.4 Å². The van der Waals surface area contributed by atoms with Gasteiger partial charge in [0.1, 0.15) is 5.82 Å². The molecule has 0 aliphatic heterocycles.